The van der Waals surface area contributed by atoms with E-state index in [0.717, 1.165) is 12.8 Å². The highest BCUT2D eigenvalue weighted by Crippen LogP contribution is 2.23. The molecular weight excluding hydrogens is 284 g/mol. The van der Waals surface area contributed by atoms with Crippen molar-refractivity contribution in [2.75, 3.05) is 0 Å². The lowest BCUT2D eigenvalue weighted by Gasteiger charge is -2.21. The Morgan fingerprint density at radius 2 is 1.81 bits per heavy atom. The van der Waals surface area contributed by atoms with Crippen molar-refractivity contribution in [1.29, 1.82) is 0 Å². The zero-order chi connectivity index (χ0) is 15.9. The van der Waals surface area contributed by atoms with E-state index in [-0.39, 0.29) is 22.8 Å². The van der Waals surface area contributed by atoms with Gasteiger partial charge in [-0.05, 0) is 39.2 Å². The largest absolute Gasteiger partial charge is 0.460 e. The van der Waals surface area contributed by atoms with Gasteiger partial charge in [-0.3, -0.25) is 9.59 Å². The van der Waals surface area contributed by atoms with E-state index in [1.54, 1.807) is 0 Å². The van der Waals surface area contributed by atoms with E-state index >= 15 is 0 Å². The Kier molecular flexibility index (Phi) is 6.96. The average molecular weight is 308 g/mol. The van der Waals surface area contributed by atoms with Crippen molar-refractivity contribution in [3.63, 3.8) is 0 Å². The second-order valence-electron chi connectivity index (χ2n) is 6.05. The van der Waals surface area contributed by atoms with Crippen LogP contribution in [0.15, 0.2) is 30.3 Å². The first-order valence-electron chi connectivity index (χ1n) is 7.19. The standard InChI is InChI=1S/C17H24O3S/c1-13(18)21-15(12-16(19)20-17(2,3)4)11-10-14-8-6-5-7-9-14/h5-9,15H,10-12H2,1-4H3. The fourth-order valence-corrected chi connectivity index (χ4v) is 2.90. The Hall–Kier alpha value is -1.29. The lowest BCUT2D eigenvalue weighted by atomic mass is 10.1. The number of ether oxygens (including phenoxy) is 1. The molecule has 1 aromatic carbocycles. The number of aryl methyl sites for hydroxylation is 1. The van der Waals surface area contributed by atoms with Crippen LogP contribution in [-0.4, -0.2) is 21.9 Å². The second-order valence-corrected chi connectivity index (χ2v) is 7.52. The molecule has 0 aliphatic heterocycles. The third-order valence-corrected chi connectivity index (χ3v) is 3.81. The second kappa shape index (κ2) is 8.23. The van der Waals surface area contributed by atoms with E-state index in [9.17, 15) is 9.59 Å². The molecule has 0 amide bonds. The molecule has 0 heterocycles. The highest BCUT2D eigenvalue weighted by atomic mass is 32.2. The van der Waals surface area contributed by atoms with E-state index in [2.05, 4.69) is 12.1 Å². The van der Waals surface area contributed by atoms with Crippen molar-refractivity contribution >= 4 is 22.8 Å². The van der Waals surface area contributed by atoms with Crippen molar-refractivity contribution in [1.82, 2.24) is 0 Å². The minimum Gasteiger partial charge on any atom is -0.460 e. The van der Waals surface area contributed by atoms with Crippen LogP contribution in [0.3, 0.4) is 0 Å². The van der Waals surface area contributed by atoms with E-state index in [1.807, 2.05) is 39.0 Å². The summed E-state index contributed by atoms with van der Waals surface area (Å²) in [6, 6.07) is 10.1. The summed E-state index contributed by atoms with van der Waals surface area (Å²) in [5, 5.41) is 0.00850. The molecule has 0 fully saturated rings. The molecule has 0 aliphatic rings. The number of esters is 1. The summed E-state index contributed by atoms with van der Waals surface area (Å²) < 4.78 is 5.34. The van der Waals surface area contributed by atoms with Gasteiger partial charge in [-0.25, -0.2) is 0 Å². The number of rotatable bonds is 6. The van der Waals surface area contributed by atoms with Crippen LogP contribution in [-0.2, 0) is 20.7 Å². The molecule has 1 atom stereocenters. The van der Waals surface area contributed by atoms with Crippen LogP contribution in [0.4, 0.5) is 0 Å². The van der Waals surface area contributed by atoms with Gasteiger partial charge in [0, 0.05) is 12.2 Å². The highest BCUT2D eigenvalue weighted by molar-refractivity contribution is 8.14. The van der Waals surface area contributed by atoms with Gasteiger partial charge in [0.2, 0.25) is 0 Å². The average Bonchev–Trinajstić information content (AvgIpc) is 2.34. The molecule has 0 radical (unpaired) electrons. The summed E-state index contributed by atoms with van der Waals surface area (Å²) in [5.74, 6) is -0.241. The Bertz CT molecular complexity index is 463. The Morgan fingerprint density at radius 1 is 1.19 bits per heavy atom. The summed E-state index contributed by atoms with van der Waals surface area (Å²) in [4.78, 5) is 23.3. The van der Waals surface area contributed by atoms with Gasteiger partial charge in [-0.15, -0.1) is 0 Å². The van der Waals surface area contributed by atoms with Gasteiger partial charge in [-0.2, -0.15) is 0 Å². The van der Waals surface area contributed by atoms with Crippen molar-refractivity contribution < 1.29 is 14.3 Å². The molecule has 0 aromatic heterocycles. The van der Waals surface area contributed by atoms with Crippen molar-refractivity contribution in [3.05, 3.63) is 35.9 Å². The number of hydrogen-bond acceptors (Lipinski definition) is 4. The fourth-order valence-electron chi connectivity index (χ4n) is 1.98. The maximum absolute atomic E-state index is 11.9. The van der Waals surface area contributed by atoms with Crippen LogP contribution in [0.25, 0.3) is 0 Å². The van der Waals surface area contributed by atoms with Gasteiger partial charge in [0.15, 0.2) is 5.12 Å². The molecule has 0 saturated heterocycles. The van der Waals surface area contributed by atoms with Crippen molar-refractivity contribution in [2.24, 2.45) is 0 Å². The minimum atomic E-state index is -0.484. The number of thioether (sulfide) groups is 1. The molecule has 3 nitrogen and oxygen atoms in total. The molecule has 0 saturated carbocycles. The van der Waals surface area contributed by atoms with Gasteiger partial charge in [0.1, 0.15) is 5.60 Å². The monoisotopic (exact) mass is 308 g/mol. The summed E-state index contributed by atoms with van der Waals surface area (Å²) in [6.45, 7) is 7.08. The number of benzene rings is 1. The third kappa shape index (κ3) is 8.56. The lowest BCUT2D eigenvalue weighted by molar-refractivity contribution is -0.154. The number of carbonyl (C=O) groups is 2. The van der Waals surface area contributed by atoms with Crippen LogP contribution >= 0.6 is 11.8 Å². The SMILES string of the molecule is CC(=O)SC(CCc1ccccc1)CC(=O)OC(C)(C)C. The maximum Gasteiger partial charge on any atom is 0.307 e. The summed E-state index contributed by atoms with van der Waals surface area (Å²) in [6.07, 6.45) is 1.91. The third-order valence-electron chi connectivity index (χ3n) is 2.74. The van der Waals surface area contributed by atoms with Crippen LogP contribution in [0.2, 0.25) is 0 Å². The fraction of sp³-hybridized carbons (Fsp3) is 0.529. The number of hydrogen-bond donors (Lipinski definition) is 0. The molecule has 1 aromatic rings. The molecule has 0 bridgehead atoms. The zero-order valence-electron chi connectivity index (χ0n) is 13.2. The summed E-state index contributed by atoms with van der Waals surface area (Å²) in [7, 11) is 0. The van der Waals surface area contributed by atoms with E-state index in [4.69, 9.17) is 4.74 Å². The Balaban J connectivity index is 2.55. The number of carbonyl (C=O) groups excluding carboxylic acids is 2. The van der Waals surface area contributed by atoms with Crippen molar-refractivity contribution in [3.8, 4) is 0 Å². The van der Waals surface area contributed by atoms with E-state index < -0.39 is 5.60 Å². The Morgan fingerprint density at radius 3 is 2.33 bits per heavy atom. The van der Waals surface area contributed by atoms with Gasteiger partial charge < -0.3 is 4.74 Å². The summed E-state index contributed by atoms with van der Waals surface area (Å²) in [5.41, 5.74) is 0.734. The molecule has 4 heteroatoms. The first-order chi connectivity index (χ1) is 9.76. The van der Waals surface area contributed by atoms with Crippen LogP contribution in [0.5, 0.6) is 0 Å². The minimum absolute atomic E-state index is 0.0300. The normalized spacial score (nSPS) is 12.8. The molecular formula is C17H24O3S. The van der Waals surface area contributed by atoms with Gasteiger partial charge >= 0.3 is 5.97 Å². The van der Waals surface area contributed by atoms with Crippen LogP contribution in [0, 0.1) is 0 Å². The van der Waals surface area contributed by atoms with Crippen LogP contribution < -0.4 is 0 Å². The summed E-state index contributed by atoms with van der Waals surface area (Å²) >= 11 is 1.23. The van der Waals surface area contributed by atoms with Crippen molar-refractivity contribution in [2.45, 2.75) is 57.8 Å². The molecule has 1 unspecified atom stereocenters. The van der Waals surface area contributed by atoms with Crippen LogP contribution in [0.1, 0.15) is 46.1 Å². The molecule has 0 aliphatic carbocycles. The van der Waals surface area contributed by atoms with Gasteiger partial charge in [0.25, 0.3) is 0 Å². The van der Waals surface area contributed by atoms with E-state index in [1.165, 1.54) is 24.2 Å². The molecule has 1 rings (SSSR count). The smallest absolute Gasteiger partial charge is 0.307 e. The topological polar surface area (TPSA) is 43.4 Å². The predicted octanol–water partition coefficient (Wildman–Crippen LogP) is 4.00. The molecule has 116 valence electrons. The highest BCUT2D eigenvalue weighted by Gasteiger charge is 2.22. The first-order valence-corrected chi connectivity index (χ1v) is 8.07. The molecule has 0 spiro atoms. The zero-order valence-corrected chi connectivity index (χ0v) is 14.0. The predicted molar refractivity (Wildman–Crippen MR) is 87.3 cm³/mol. The first kappa shape index (κ1) is 17.8. The van der Waals surface area contributed by atoms with Gasteiger partial charge in [0.05, 0.1) is 6.42 Å². The molecule has 21 heavy (non-hydrogen) atoms. The van der Waals surface area contributed by atoms with E-state index in [0.29, 0.717) is 0 Å². The Labute approximate surface area is 131 Å². The maximum atomic E-state index is 11.9. The molecule has 0 N–H and O–H groups in total. The van der Waals surface area contributed by atoms with Gasteiger partial charge in [-0.1, -0.05) is 42.1 Å². The quantitative estimate of drug-likeness (QED) is 0.745. The lowest BCUT2D eigenvalue weighted by Crippen LogP contribution is -2.26.